The molecular formula is C10H17N3O. The van der Waals surface area contributed by atoms with Crippen LogP contribution in [0.15, 0.2) is 6.20 Å². The predicted molar refractivity (Wildman–Crippen MR) is 55.3 cm³/mol. The molecule has 1 rings (SSSR count). The number of nitrogens with one attached hydrogen (secondary N) is 1. The van der Waals surface area contributed by atoms with Crippen LogP contribution in [0, 0.1) is 0 Å². The number of amides is 1. The summed E-state index contributed by atoms with van der Waals surface area (Å²) < 4.78 is 1.68. The average Bonchev–Trinajstić information content (AvgIpc) is 2.48. The van der Waals surface area contributed by atoms with Crippen LogP contribution < -0.4 is 5.32 Å². The molecule has 0 atom stereocenters. The molecule has 0 bridgehead atoms. The number of carbonyl (C=O) groups is 1. The van der Waals surface area contributed by atoms with E-state index in [4.69, 9.17) is 0 Å². The lowest BCUT2D eigenvalue weighted by Crippen LogP contribution is -2.24. The number of hydrogen-bond acceptors (Lipinski definition) is 2. The lowest BCUT2D eigenvalue weighted by Gasteiger charge is -2.04. The van der Waals surface area contributed by atoms with Crippen LogP contribution in [-0.2, 0) is 7.05 Å². The van der Waals surface area contributed by atoms with E-state index in [1.54, 1.807) is 4.68 Å². The first-order valence-electron chi connectivity index (χ1n) is 4.88. The predicted octanol–water partition coefficient (Wildman–Crippen LogP) is 1.29. The maximum absolute atomic E-state index is 11.6. The Kier molecular flexibility index (Phi) is 3.28. The Hall–Kier alpha value is -1.32. The highest BCUT2D eigenvalue weighted by molar-refractivity contribution is 5.93. The SMILES string of the molecule is CCNC(=O)c1nn(C)cc1C(C)C. The van der Waals surface area contributed by atoms with Gasteiger partial charge in [0.25, 0.3) is 5.91 Å². The van der Waals surface area contributed by atoms with Gasteiger partial charge in [0.1, 0.15) is 0 Å². The van der Waals surface area contributed by atoms with E-state index in [1.807, 2.05) is 20.2 Å². The van der Waals surface area contributed by atoms with E-state index in [-0.39, 0.29) is 5.91 Å². The molecule has 0 aliphatic rings. The minimum absolute atomic E-state index is 0.0863. The maximum Gasteiger partial charge on any atom is 0.272 e. The van der Waals surface area contributed by atoms with Gasteiger partial charge in [-0.3, -0.25) is 9.48 Å². The van der Waals surface area contributed by atoms with Gasteiger partial charge in [0.2, 0.25) is 0 Å². The van der Waals surface area contributed by atoms with Crippen molar-refractivity contribution < 1.29 is 4.79 Å². The Morgan fingerprint density at radius 1 is 1.64 bits per heavy atom. The zero-order chi connectivity index (χ0) is 10.7. The molecule has 4 nitrogen and oxygen atoms in total. The van der Waals surface area contributed by atoms with E-state index in [9.17, 15) is 4.79 Å². The van der Waals surface area contributed by atoms with Crippen molar-refractivity contribution in [2.45, 2.75) is 26.7 Å². The fraction of sp³-hybridized carbons (Fsp3) is 0.600. The highest BCUT2D eigenvalue weighted by Crippen LogP contribution is 2.17. The van der Waals surface area contributed by atoms with Gasteiger partial charge in [-0.1, -0.05) is 13.8 Å². The molecule has 4 heteroatoms. The number of rotatable bonds is 3. The normalized spacial score (nSPS) is 10.6. The van der Waals surface area contributed by atoms with Gasteiger partial charge in [0.05, 0.1) is 0 Å². The van der Waals surface area contributed by atoms with E-state index in [0.717, 1.165) is 5.56 Å². The third kappa shape index (κ3) is 2.13. The second-order valence-corrected chi connectivity index (χ2v) is 3.62. The first-order chi connectivity index (χ1) is 6.56. The summed E-state index contributed by atoms with van der Waals surface area (Å²) in [6.45, 7) is 6.64. The minimum Gasteiger partial charge on any atom is -0.351 e. The van der Waals surface area contributed by atoms with Gasteiger partial charge < -0.3 is 5.32 Å². The van der Waals surface area contributed by atoms with Crippen LogP contribution >= 0.6 is 0 Å². The average molecular weight is 195 g/mol. The largest absolute Gasteiger partial charge is 0.351 e. The number of aromatic nitrogens is 2. The molecule has 1 aromatic rings. The molecule has 78 valence electrons. The maximum atomic E-state index is 11.6. The molecule has 0 saturated heterocycles. The monoisotopic (exact) mass is 195 g/mol. The third-order valence-corrected chi connectivity index (χ3v) is 2.03. The van der Waals surface area contributed by atoms with Gasteiger partial charge >= 0.3 is 0 Å². The Labute approximate surface area is 84.3 Å². The molecule has 0 saturated carbocycles. The third-order valence-electron chi connectivity index (χ3n) is 2.03. The van der Waals surface area contributed by atoms with Gasteiger partial charge in [-0.25, -0.2) is 0 Å². The highest BCUT2D eigenvalue weighted by atomic mass is 16.1. The van der Waals surface area contributed by atoms with Gasteiger partial charge in [0, 0.05) is 25.4 Å². The summed E-state index contributed by atoms with van der Waals surface area (Å²) in [5.41, 5.74) is 1.54. The molecule has 1 aromatic heterocycles. The number of hydrogen-bond donors (Lipinski definition) is 1. The molecule has 0 unspecified atom stereocenters. The van der Waals surface area contributed by atoms with Gasteiger partial charge in [-0.15, -0.1) is 0 Å². The molecule has 1 N–H and O–H groups in total. The topological polar surface area (TPSA) is 46.9 Å². The van der Waals surface area contributed by atoms with Crippen molar-refractivity contribution in [2.75, 3.05) is 6.54 Å². The fourth-order valence-electron chi connectivity index (χ4n) is 1.35. The lowest BCUT2D eigenvalue weighted by molar-refractivity contribution is 0.0949. The molecule has 1 amide bonds. The van der Waals surface area contributed by atoms with Crippen LogP contribution in [0.4, 0.5) is 0 Å². The molecule has 0 radical (unpaired) electrons. The van der Waals surface area contributed by atoms with Crippen molar-refractivity contribution in [2.24, 2.45) is 7.05 Å². The number of aryl methyl sites for hydroxylation is 1. The Bertz CT molecular complexity index is 328. The second kappa shape index (κ2) is 4.26. The first-order valence-corrected chi connectivity index (χ1v) is 4.88. The van der Waals surface area contributed by atoms with Crippen molar-refractivity contribution in [3.8, 4) is 0 Å². The standard InChI is InChI=1S/C10H17N3O/c1-5-11-10(14)9-8(7(2)3)6-13(4)12-9/h6-7H,5H2,1-4H3,(H,11,14). The molecule has 0 spiro atoms. The van der Waals surface area contributed by atoms with Crippen LogP contribution in [0.2, 0.25) is 0 Å². The van der Waals surface area contributed by atoms with E-state index >= 15 is 0 Å². The summed E-state index contributed by atoms with van der Waals surface area (Å²) in [6.07, 6.45) is 1.90. The summed E-state index contributed by atoms with van der Waals surface area (Å²) in [5.74, 6) is 0.234. The van der Waals surface area contributed by atoms with E-state index in [1.165, 1.54) is 0 Å². The number of nitrogens with zero attached hydrogens (tertiary/aromatic N) is 2. The molecular weight excluding hydrogens is 178 g/mol. The van der Waals surface area contributed by atoms with Crippen molar-refractivity contribution in [3.05, 3.63) is 17.5 Å². The number of carbonyl (C=O) groups excluding carboxylic acids is 1. The van der Waals surface area contributed by atoms with Crippen molar-refractivity contribution in [3.63, 3.8) is 0 Å². The fourth-order valence-corrected chi connectivity index (χ4v) is 1.35. The van der Waals surface area contributed by atoms with Crippen LogP contribution in [0.3, 0.4) is 0 Å². The van der Waals surface area contributed by atoms with Crippen LogP contribution in [0.1, 0.15) is 42.7 Å². The molecule has 0 fully saturated rings. The Balaban J connectivity index is 3.00. The zero-order valence-electron chi connectivity index (χ0n) is 9.16. The minimum atomic E-state index is -0.0863. The van der Waals surface area contributed by atoms with Crippen LogP contribution in [-0.4, -0.2) is 22.2 Å². The zero-order valence-corrected chi connectivity index (χ0v) is 9.16. The molecule has 0 aromatic carbocycles. The Morgan fingerprint density at radius 3 is 2.79 bits per heavy atom. The lowest BCUT2D eigenvalue weighted by atomic mass is 10.0. The molecule has 0 aliphatic carbocycles. The second-order valence-electron chi connectivity index (χ2n) is 3.62. The molecule has 0 aliphatic heterocycles. The first kappa shape index (κ1) is 10.8. The van der Waals surface area contributed by atoms with Crippen LogP contribution in [0.5, 0.6) is 0 Å². The van der Waals surface area contributed by atoms with Crippen LogP contribution in [0.25, 0.3) is 0 Å². The molecule has 14 heavy (non-hydrogen) atoms. The summed E-state index contributed by atoms with van der Waals surface area (Å²) in [4.78, 5) is 11.6. The van der Waals surface area contributed by atoms with Crippen molar-refractivity contribution in [1.29, 1.82) is 0 Å². The summed E-state index contributed by atoms with van der Waals surface area (Å²) in [6, 6.07) is 0. The molecule has 1 heterocycles. The van der Waals surface area contributed by atoms with E-state index in [0.29, 0.717) is 18.2 Å². The summed E-state index contributed by atoms with van der Waals surface area (Å²) in [7, 11) is 1.83. The van der Waals surface area contributed by atoms with E-state index in [2.05, 4.69) is 24.3 Å². The van der Waals surface area contributed by atoms with Crippen molar-refractivity contribution >= 4 is 5.91 Å². The summed E-state index contributed by atoms with van der Waals surface area (Å²) >= 11 is 0. The van der Waals surface area contributed by atoms with Gasteiger partial charge in [0.15, 0.2) is 5.69 Å². The highest BCUT2D eigenvalue weighted by Gasteiger charge is 2.16. The summed E-state index contributed by atoms with van der Waals surface area (Å²) in [5, 5.41) is 6.91. The van der Waals surface area contributed by atoms with Gasteiger partial charge in [-0.2, -0.15) is 5.10 Å². The quantitative estimate of drug-likeness (QED) is 0.790. The van der Waals surface area contributed by atoms with Crippen molar-refractivity contribution in [1.82, 2.24) is 15.1 Å². The van der Waals surface area contributed by atoms with E-state index < -0.39 is 0 Å². The Morgan fingerprint density at radius 2 is 2.29 bits per heavy atom. The van der Waals surface area contributed by atoms with Gasteiger partial charge in [-0.05, 0) is 12.8 Å². The smallest absolute Gasteiger partial charge is 0.272 e.